The van der Waals surface area contributed by atoms with E-state index in [0.29, 0.717) is 6.54 Å². The van der Waals surface area contributed by atoms with E-state index in [1.807, 2.05) is 6.92 Å². The van der Waals surface area contributed by atoms with E-state index in [1.54, 1.807) is 12.6 Å². The van der Waals surface area contributed by atoms with Crippen molar-refractivity contribution in [3.8, 4) is 0 Å². The molecule has 1 heterocycles. The maximum absolute atomic E-state index is 11.8. The molecule has 2 N–H and O–H groups in total. The molecule has 0 radical (unpaired) electrons. The third kappa shape index (κ3) is 4.49. The number of nitrogens with zero attached hydrogens (tertiary/aromatic N) is 2. The number of aromatic nitrogens is 1. The van der Waals surface area contributed by atoms with Crippen LogP contribution < -0.4 is 5.32 Å². The van der Waals surface area contributed by atoms with Gasteiger partial charge < -0.3 is 20.1 Å². The Morgan fingerprint density at radius 3 is 2.79 bits per heavy atom. The number of amides is 2. The summed E-state index contributed by atoms with van der Waals surface area (Å²) in [7, 11) is 2.92. The molecule has 0 aromatic carbocycles. The molecule has 0 aliphatic carbocycles. The SMILES string of the molecule is COC(CNC(=O)N(C)Cc1scnc1C)C(=O)O. The summed E-state index contributed by atoms with van der Waals surface area (Å²) in [5.41, 5.74) is 2.62. The first kappa shape index (κ1) is 15.4. The number of carboxylic acids is 1. The summed E-state index contributed by atoms with van der Waals surface area (Å²) in [5.74, 6) is -1.11. The number of nitrogens with one attached hydrogen (secondary N) is 1. The number of ether oxygens (including phenoxy) is 1. The molecule has 0 bridgehead atoms. The van der Waals surface area contributed by atoms with Gasteiger partial charge in [0.05, 0.1) is 24.3 Å². The lowest BCUT2D eigenvalue weighted by Crippen LogP contribution is -2.43. The molecule has 106 valence electrons. The highest BCUT2D eigenvalue weighted by Crippen LogP contribution is 2.13. The summed E-state index contributed by atoms with van der Waals surface area (Å²) in [6.45, 7) is 2.24. The van der Waals surface area contributed by atoms with E-state index in [4.69, 9.17) is 9.84 Å². The van der Waals surface area contributed by atoms with Gasteiger partial charge in [-0.1, -0.05) is 0 Å². The summed E-state index contributed by atoms with van der Waals surface area (Å²) in [5, 5.41) is 11.3. The molecule has 0 fully saturated rings. The molecule has 2 amide bonds. The van der Waals surface area contributed by atoms with Gasteiger partial charge in [0.25, 0.3) is 0 Å². The molecule has 0 aliphatic heterocycles. The molecular weight excluding hydrogens is 270 g/mol. The van der Waals surface area contributed by atoms with Gasteiger partial charge in [0.1, 0.15) is 0 Å². The Balaban J connectivity index is 2.45. The Bertz CT molecular complexity index is 449. The Morgan fingerprint density at radius 1 is 1.63 bits per heavy atom. The Hall–Kier alpha value is -1.67. The van der Waals surface area contributed by atoms with Crippen molar-refractivity contribution in [1.82, 2.24) is 15.2 Å². The Kier molecular flexibility index (Phi) is 5.71. The van der Waals surface area contributed by atoms with Crippen LogP contribution in [0.5, 0.6) is 0 Å². The number of hydrogen-bond donors (Lipinski definition) is 2. The monoisotopic (exact) mass is 287 g/mol. The molecule has 7 nitrogen and oxygen atoms in total. The number of rotatable bonds is 6. The maximum Gasteiger partial charge on any atom is 0.334 e. The van der Waals surface area contributed by atoms with Crippen LogP contribution in [-0.2, 0) is 16.1 Å². The van der Waals surface area contributed by atoms with Crippen LogP contribution in [0.25, 0.3) is 0 Å². The van der Waals surface area contributed by atoms with Crippen molar-refractivity contribution >= 4 is 23.3 Å². The lowest BCUT2D eigenvalue weighted by molar-refractivity contribution is -0.148. The van der Waals surface area contributed by atoms with Crippen LogP contribution in [-0.4, -0.2) is 53.8 Å². The van der Waals surface area contributed by atoms with E-state index in [0.717, 1.165) is 10.6 Å². The standard InChI is InChI=1S/C11H17N3O4S/c1-7-9(19-6-13-7)5-14(2)11(17)12-4-8(18-3)10(15)16/h6,8H,4-5H2,1-3H3,(H,12,17)(H,15,16). The number of hydrogen-bond acceptors (Lipinski definition) is 5. The number of methoxy groups -OCH3 is 1. The van der Waals surface area contributed by atoms with Crippen LogP contribution in [0.4, 0.5) is 4.79 Å². The van der Waals surface area contributed by atoms with Crippen molar-refractivity contribution in [2.75, 3.05) is 20.7 Å². The van der Waals surface area contributed by atoms with Crippen molar-refractivity contribution in [2.45, 2.75) is 19.6 Å². The molecule has 1 rings (SSSR count). The predicted molar refractivity (Wildman–Crippen MR) is 70.1 cm³/mol. The first-order valence-corrected chi connectivity index (χ1v) is 6.47. The summed E-state index contributed by atoms with van der Waals surface area (Å²) >= 11 is 1.48. The Morgan fingerprint density at radius 2 is 2.32 bits per heavy atom. The number of aliphatic carboxylic acids is 1. The molecule has 0 spiro atoms. The largest absolute Gasteiger partial charge is 0.479 e. The molecule has 1 unspecified atom stereocenters. The maximum atomic E-state index is 11.8. The summed E-state index contributed by atoms with van der Waals surface area (Å²) in [6, 6.07) is -0.351. The van der Waals surface area contributed by atoms with Gasteiger partial charge in [0, 0.05) is 19.0 Å². The van der Waals surface area contributed by atoms with Crippen LogP contribution in [0.1, 0.15) is 10.6 Å². The van der Waals surface area contributed by atoms with E-state index < -0.39 is 12.1 Å². The van der Waals surface area contributed by atoms with Gasteiger partial charge in [-0.15, -0.1) is 11.3 Å². The second-order valence-corrected chi connectivity index (χ2v) is 4.90. The van der Waals surface area contributed by atoms with Crippen LogP contribution >= 0.6 is 11.3 Å². The van der Waals surface area contributed by atoms with Gasteiger partial charge >= 0.3 is 12.0 Å². The fraction of sp³-hybridized carbons (Fsp3) is 0.545. The van der Waals surface area contributed by atoms with Gasteiger partial charge in [-0.25, -0.2) is 14.6 Å². The summed E-state index contributed by atoms with van der Waals surface area (Å²) in [4.78, 5) is 29.1. The molecular formula is C11H17N3O4S. The van der Waals surface area contributed by atoms with E-state index >= 15 is 0 Å². The fourth-order valence-electron chi connectivity index (χ4n) is 1.35. The minimum Gasteiger partial charge on any atom is -0.479 e. The van der Waals surface area contributed by atoms with E-state index in [1.165, 1.54) is 23.3 Å². The number of thiazole rings is 1. The first-order chi connectivity index (χ1) is 8.95. The van der Waals surface area contributed by atoms with Gasteiger partial charge in [0.2, 0.25) is 0 Å². The van der Waals surface area contributed by atoms with Crippen molar-refractivity contribution in [3.63, 3.8) is 0 Å². The summed E-state index contributed by atoms with van der Waals surface area (Å²) in [6.07, 6.45) is -1.04. The highest BCUT2D eigenvalue weighted by molar-refractivity contribution is 7.09. The first-order valence-electron chi connectivity index (χ1n) is 5.59. The van der Waals surface area contributed by atoms with E-state index in [9.17, 15) is 9.59 Å². The fourth-order valence-corrected chi connectivity index (χ4v) is 2.18. The molecule has 0 saturated carbocycles. The normalized spacial score (nSPS) is 11.9. The predicted octanol–water partition coefficient (Wildman–Crippen LogP) is 0.693. The molecule has 0 saturated heterocycles. The van der Waals surface area contributed by atoms with Crippen molar-refractivity contribution in [1.29, 1.82) is 0 Å². The second kappa shape index (κ2) is 7.05. The van der Waals surface area contributed by atoms with Crippen molar-refractivity contribution < 1.29 is 19.4 Å². The van der Waals surface area contributed by atoms with Crippen molar-refractivity contribution in [3.05, 3.63) is 16.1 Å². The number of urea groups is 1. The van der Waals surface area contributed by atoms with Gasteiger partial charge in [-0.3, -0.25) is 0 Å². The lowest BCUT2D eigenvalue weighted by atomic mass is 10.3. The van der Waals surface area contributed by atoms with Gasteiger partial charge in [-0.05, 0) is 6.92 Å². The van der Waals surface area contributed by atoms with E-state index in [-0.39, 0.29) is 12.6 Å². The molecule has 0 aliphatic rings. The molecule has 19 heavy (non-hydrogen) atoms. The highest BCUT2D eigenvalue weighted by Gasteiger charge is 2.18. The van der Waals surface area contributed by atoms with Gasteiger partial charge in [0.15, 0.2) is 6.10 Å². The molecule has 1 atom stereocenters. The second-order valence-electron chi connectivity index (χ2n) is 3.97. The topological polar surface area (TPSA) is 91.8 Å². The van der Waals surface area contributed by atoms with Crippen molar-refractivity contribution in [2.24, 2.45) is 0 Å². The summed E-state index contributed by atoms with van der Waals surface area (Å²) < 4.78 is 4.73. The third-order valence-electron chi connectivity index (χ3n) is 2.57. The van der Waals surface area contributed by atoms with Crippen LogP contribution in [0.15, 0.2) is 5.51 Å². The highest BCUT2D eigenvalue weighted by atomic mass is 32.1. The van der Waals surface area contributed by atoms with Crippen LogP contribution in [0, 0.1) is 6.92 Å². The zero-order chi connectivity index (χ0) is 14.4. The minimum absolute atomic E-state index is 0.0727. The number of carboxylic acid groups (broad SMARTS) is 1. The number of aryl methyl sites for hydroxylation is 1. The van der Waals surface area contributed by atoms with Gasteiger partial charge in [-0.2, -0.15) is 0 Å². The zero-order valence-corrected chi connectivity index (χ0v) is 11.9. The van der Waals surface area contributed by atoms with Crippen LogP contribution in [0.3, 0.4) is 0 Å². The zero-order valence-electron chi connectivity index (χ0n) is 11.0. The molecule has 8 heteroatoms. The third-order valence-corrected chi connectivity index (χ3v) is 3.49. The quantitative estimate of drug-likeness (QED) is 0.803. The average Bonchev–Trinajstić information content (AvgIpc) is 2.75. The van der Waals surface area contributed by atoms with Crippen LogP contribution in [0.2, 0.25) is 0 Å². The average molecular weight is 287 g/mol. The lowest BCUT2D eigenvalue weighted by Gasteiger charge is -2.19. The number of carbonyl (C=O) groups excluding carboxylic acids is 1. The minimum atomic E-state index is -1.11. The molecule has 1 aromatic rings. The Labute approximate surface area is 115 Å². The molecule has 1 aromatic heterocycles. The smallest absolute Gasteiger partial charge is 0.334 e. The number of carbonyl (C=O) groups is 2. The van der Waals surface area contributed by atoms with E-state index in [2.05, 4.69) is 10.3 Å².